The average Bonchev–Trinajstić information content (AvgIpc) is 2.39. The molecule has 2 N–H and O–H groups in total. The van der Waals surface area contributed by atoms with Gasteiger partial charge in [0.25, 0.3) is 0 Å². The summed E-state index contributed by atoms with van der Waals surface area (Å²) in [4.78, 5) is 17.0. The number of morpholine rings is 1. The zero-order chi connectivity index (χ0) is 12.3. The second-order valence-corrected chi connectivity index (χ2v) is 3.80. The highest BCUT2D eigenvalue weighted by atomic mass is 16.5. The standard InChI is InChI=1S/C11H14N2O4/c14-7-8-6-13(4-5-17-8)10-9(11(15)16)2-1-3-12-10/h1-3,8,14H,4-7H2,(H,15,16). The van der Waals surface area contributed by atoms with E-state index in [4.69, 9.17) is 14.9 Å². The average molecular weight is 238 g/mol. The van der Waals surface area contributed by atoms with Gasteiger partial charge in [0.05, 0.1) is 19.3 Å². The minimum absolute atomic E-state index is 0.0776. The SMILES string of the molecule is O=C(O)c1cccnc1N1CCOC(CO)C1. The van der Waals surface area contributed by atoms with E-state index in [9.17, 15) is 4.79 Å². The molecule has 1 saturated heterocycles. The molecule has 1 aliphatic rings. The van der Waals surface area contributed by atoms with E-state index in [-0.39, 0.29) is 18.3 Å². The number of hydrogen-bond acceptors (Lipinski definition) is 5. The van der Waals surface area contributed by atoms with Crippen molar-refractivity contribution in [3.05, 3.63) is 23.9 Å². The van der Waals surface area contributed by atoms with Crippen LogP contribution in [0.4, 0.5) is 5.82 Å². The summed E-state index contributed by atoms with van der Waals surface area (Å²) in [6.07, 6.45) is 1.28. The van der Waals surface area contributed by atoms with E-state index in [1.165, 1.54) is 6.07 Å². The van der Waals surface area contributed by atoms with Gasteiger partial charge in [0.15, 0.2) is 0 Å². The van der Waals surface area contributed by atoms with E-state index >= 15 is 0 Å². The van der Waals surface area contributed by atoms with Crippen molar-refractivity contribution in [2.75, 3.05) is 31.2 Å². The Hall–Kier alpha value is -1.66. The summed E-state index contributed by atoms with van der Waals surface area (Å²) in [5.74, 6) is -0.568. The number of carboxylic acid groups (broad SMARTS) is 1. The summed E-state index contributed by atoms with van der Waals surface area (Å²) in [5, 5.41) is 18.1. The summed E-state index contributed by atoms with van der Waals surface area (Å²) < 4.78 is 5.31. The van der Waals surface area contributed by atoms with Gasteiger partial charge >= 0.3 is 5.97 Å². The number of aliphatic hydroxyl groups excluding tert-OH is 1. The summed E-state index contributed by atoms with van der Waals surface area (Å²) in [7, 11) is 0. The van der Waals surface area contributed by atoms with Gasteiger partial charge in [0.2, 0.25) is 0 Å². The van der Waals surface area contributed by atoms with Crippen LogP contribution in [0.1, 0.15) is 10.4 Å². The van der Waals surface area contributed by atoms with Crippen molar-refractivity contribution in [3.63, 3.8) is 0 Å². The molecule has 6 heteroatoms. The van der Waals surface area contributed by atoms with E-state index in [2.05, 4.69) is 4.98 Å². The van der Waals surface area contributed by atoms with Crippen LogP contribution in [0.25, 0.3) is 0 Å². The van der Waals surface area contributed by atoms with E-state index in [0.29, 0.717) is 25.5 Å². The van der Waals surface area contributed by atoms with Crippen molar-refractivity contribution >= 4 is 11.8 Å². The second-order valence-electron chi connectivity index (χ2n) is 3.80. The van der Waals surface area contributed by atoms with Crippen LogP contribution in [0.5, 0.6) is 0 Å². The van der Waals surface area contributed by atoms with Crippen LogP contribution in [0, 0.1) is 0 Å². The Balaban J connectivity index is 2.24. The highest BCUT2D eigenvalue weighted by molar-refractivity contribution is 5.93. The minimum Gasteiger partial charge on any atom is -0.478 e. The number of ether oxygens (including phenoxy) is 1. The minimum atomic E-state index is -1.000. The maximum atomic E-state index is 11.1. The van der Waals surface area contributed by atoms with Crippen molar-refractivity contribution in [3.8, 4) is 0 Å². The number of aromatic carboxylic acids is 1. The topological polar surface area (TPSA) is 82.9 Å². The van der Waals surface area contributed by atoms with Crippen molar-refractivity contribution in [1.29, 1.82) is 0 Å². The summed E-state index contributed by atoms with van der Waals surface area (Å²) in [6.45, 7) is 1.41. The molecule has 1 aliphatic heterocycles. The van der Waals surface area contributed by atoms with E-state index in [1.807, 2.05) is 4.90 Å². The smallest absolute Gasteiger partial charge is 0.339 e. The molecule has 1 unspecified atom stereocenters. The molecule has 0 aromatic carbocycles. The summed E-state index contributed by atoms with van der Waals surface area (Å²) in [5.41, 5.74) is 0.172. The molecule has 1 fully saturated rings. The molecule has 1 aromatic rings. The molecular weight excluding hydrogens is 224 g/mol. The van der Waals surface area contributed by atoms with Gasteiger partial charge in [0.1, 0.15) is 11.4 Å². The largest absolute Gasteiger partial charge is 0.478 e. The molecule has 0 bridgehead atoms. The highest BCUT2D eigenvalue weighted by Crippen LogP contribution is 2.19. The lowest BCUT2D eigenvalue weighted by Crippen LogP contribution is -2.45. The zero-order valence-electron chi connectivity index (χ0n) is 9.24. The fourth-order valence-electron chi connectivity index (χ4n) is 1.84. The third kappa shape index (κ3) is 2.54. The van der Waals surface area contributed by atoms with Gasteiger partial charge in [-0.05, 0) is 12.1 Å². The first-order valence-electron chi connectivity index (χ1n) is 5.38. The summed E-state index contributed by atoms with van der Waals surface area (Å²) >= 11 is 0. The molecule has 1 aromatic heterocycles. The lowest BCUT2D eigenvalue weighted by atomic mass is 10.2. The molecule has 2 rings (SSSR count). The van der Waals surface area contributed by atoms with Crippen molar-refractivity contribution in [2.24, 2.45) is 0 Å². The Bertz CT molecular complexity index is 410. The first kappa shape index (κ1) is 11.8. The molecule has 0 aliphatic carbocycles. The Kier molecular flexibility index (Phi) is 3.55. The summed E-state index contributed by atoms with van der Waals surface area (Å²) in [6, 6.07) is 3.12. The van der Waals surface area contributed by atoms with Crippen LogP contribution in [-0.2, 0) is 4.74 Å². The van der Waals surface area contributed by atoms with Crippen LogP contribution < -0.4 is 4.90 Å². The number of hydrogen-bond donors (Lipinski definition) is 2. The Labute approximate surface area is 98.5 Å². The first-order chi connectivity index (χ1) is 8.22. The number of nitrogens with zero attached hydrogens (tertiary/aromatic N) is 2. The highest BCUT2D eigenvalue weighted by Gasteiger charge is 2.24. The number of anilines is 1. The number of aromatic nitrogens is 1. The molecule has 17 heavy (non-hydrogen) atoms. The Morgan fingerprint density at radius 2 is 2.47 bits per heavy atom. The predicted molar refractivity (Wildman–Crippen MR) is 60.2 cm³/mol. The van der Waals surface area contributed by atoms with Gasteiger partial charge < -0.3 is 19.8 Å². The van der Waals surface area contributed by atoms with Crippen LogP contribution in [0.2, 0.25) is 0 Å². The number of carboxylic acids is 1. The second kappa shape index (κ2) is 5.11. The number of carbonyl (C=O) groups is 1. The monoisotopic (exact) mass is 238 g/mol. The van der Waals surface area contributed by atoms with Gasteiger partial charge in [-0.2, -0.15) is 0 Å². The fraction of sp³-hybridized carbons (Fsp3) is 0.455. The maximum Gasteiger partial charge on any atom is 0.339 e. The van der Waals surface area contributed by atoms with Crippen LogP contribution in [0.3, 0.4) is 0 Å². The molecule has 0 spiro atoms. The third-order valence-electron chi connectivity index (χ3n) is 2.66. The normalized spacial score (nSPS) is 20.3. The Morgan fingerprint density at radius 1 is 1.65 bits per heavy atom. The van der Waals surface area contributed by atoms with Crippen molar-refractivity contribution < 1.29 is 19.7 Å². The van der Waals surface area contributed by atoms with Crippen molar-refractivity contribution in [2.45, 2.75) is 6.10 Å². The maximum absolute atomic E-state index is 11.1. The van der Waals surface area contributed by atoms with E-state index in [0.717, 1.165) is 0 Å². The predicted octanol–water partition coefficient (Wildman–Crippen LogP) is -0.0227. The number of pyridine rings is 1. The molecule has 0 amide bonds. The van der Waals surface area contributed by atoms with Crippen molar-refractivity contribution in [1.82, 2.24) is 4.98 Å². The van der Waals surface area contributed by atoms with Crippen LogP contribution in [-0.4, -0.2) is 53.6 Å². The molecule has 6 nitrogen and oxygen atoms in total. The number of rotatable bonds is 3. The number of aliphatic hydroxyl groups is 1. The molecule has 0 radical (unpaired) electrons. The van der Waals surface area contributed by atoms with Gasteiger partial charge in [0, 0.05) is 19.3 Å². The third-order valence-corrected chi connectivity index (χ3v) is 2.66. The van der Waals surface area contributed by atoms with E-state index < -0.39 is 5.97 Å². The molecule has 92 valence electrons. The van der Waals surface area contributed by atoms with Gasteiger partial charge in [-0.3, -0.25) is 0 Å². The van der Waals surface area contributed by atoms with Crippen LogP contribution in [0.15, 0.2) is 18.3 Å². The quantitative estimate of drug-likeness (QED) is 0.770. The Morgan fingerprint density at radius 3 is 3.18 bits per heavy atom. The zero-order valence-corrected chi connectivity index (χ0v) is 9.24. The van der Waals surface area contributed by atoms with Gasteiger partial charge in [-0.25, -0.2) is 9.78 Å². The molecule has 2 heterocycles. The lowest BCUT2D eigenvalue weighted by Gasteiger charge is -2.33. The molecular formula is C11H14N2O4. The van der Waals surface area contributed by atoms with E-state index in [1.54, 1.807) is 12.3 Å². The lowest BCUT2D eigenvalue weighted by molar-refractivity contribution is 0.00328. The molecule has 1 atom stereocenters. The first-order valence-corrected chi connectivity index (χ1v) is 5.38. The van der Waals surface area contributed by atoms with Gasteiger partial charge in [-0.15, -0.1) is 0 Å². The fourth-order valence-corrected chi connectivity index (χ4v) is 1.84. The molecule has 0 saturated carbocycles. The van der Waals surface area contributed by atoms with Gasteiger partial charge in [-0.1, -0.05) is 0 Å². The van der Waals surface area contributed by atoms with Crippen LogP contribution >= 0.6 is 0 Å².